The van der Waals surface area contributed by atoms with E-state index in [9.17, 15) is 4.79 Å². The molecule has 126 valence electrons. The Bertz CT molecular complexity index is 1090. The highest BCUT2D eigenvalue weighted by molar-refractivity contribution is 6.11. The van der Waals surface area contributed by atoms with Crippen molar-refractivity contribution in [3.8, 4) is 5.75 Å². The van der Waals surface area contributed by atoms with Gasteiger partial charge >= 0.3 is 0 Å². The summed E-state index contributed by atoms with van der Waals surface area (Å²) in [7, 11) is 1.60. The van der Waals surface area contributed by atoms with Crippen molar-refractivity contribution in [3.05, 3.63) is 96.1 Å². The maximum Gasteiger partial charge on any atom is 0.185 e. The lowest BCUT2D eigenvalue weighted by atomic mass is 9.96. The van der Waals surface area contributed by atoms with Gasteiger partial charge in [-0.25, -0.2) is 0 Å². The van der Waals surface area contributed by atoms with Gasteiger partial charge in [0.15, 0.2) is 5.78 Å². The minimum atomic E-state index is -0.0408. The first-order chi connectivity index (χ1) is 12.8. The molecule has 0 aromatic heterocycles. The van der Waals surface area contributed by atoms with Gasteiger partial charge in [-0.15, -0.1) is 0 Å². The maximum absolute atomic E-state index is 12.6. The Labute approximate surface area is 152 Å². The zero-order valence-corrected chi connectivity index (χ0v) is 14.5. The largest absolute Gasteiger partial charge is 0.497 e. The number of rotatable bonds is 4. The molecule has 0 aliphatic heterocycles. The van der Waals surface area contributed by atoms with Crippen LogP contribution in [0.3, 0.4) is 0 Å². The summed E-state index contributed by atoms with van der Waals surface area (Å²) >= 11 is 0. The van der Waals surface area contributed by atoms with Gasteiger partial charge in [-0.05, 0) is 57.5 Å². The molecule has 26 heavy (non-hydrogen) atoms. The minimum absolute atomic E-state index is 0.0408. The summed E-state index contributed by atoms with van der Waals surface area (Å²) in [5.41, 5.74) is 1.68. The van der Waals surface area contributed by atoms with Crippen LogP contribution in [0.1, 0.15) is 15.9 Å². The Morgan fingerprint density at radius 2 is 1.46 bits per heavy atom. The number of fused-ring (bicyclic) bond motifs is 2. The van der Waals surface area contributed by atoms with Gasteiger partial charge < -0.3 is 4.74 Å². The molecule has 0 bridgehead atoms. The predicted octanol–water partition coefficient (Wildman–Crippen LogP) is 5.90. The minimum Gasteiger partial charge on any atom is -0.497 e. The van der Waals surface area contributed by atoms with Gasteiger partial charge in [-0.1, -0.05) is 60.7 Å². The van der Waals surface area contributed by atoms with Crippen molar-refractivity contribution in [1.29, 1.82) is 0 Å². The third-order valence-corrected chi connectivity index (χ3v) is 4.57. The van der Waals surface area contributed by atoms with Gasteiger partial charge in [0, 0.05) is 5.56 Å². The molecule has 2 nitrogen and oxygen atoms in total. The molecule has 2 heteroatoms. The van der Waals surface area contributed by atoms with Crippen LogP contribution in [-0.2, 0) is 0 Å². The molecule has 0 aliphatic rings. The summed E-state index contributed by atoms with van der Waals surface area (Å²) in [6.07, 6.45) is 3.56. The average molecular weight is 338 g/mol. The van der Waals surface area contributed by atoms with E-state index in [-0.39, 0.29) is 5.78 Å². The SMILES string of the molecule is COc1cccc(C(=O)/C=C/c2c3ccccc3cc3ccccc23)c1. The topological polar surface area (TPSA) is 26.3 Å². The number of ether oxygens (including phenoxy) is 1. The Kier molecular flexibility index (Phi) is 4.24. The summed E-state index contributed by atoms with van der Waals surface area (Å²) in [5, 5.41) is 4.61. The molecule has 0 unspecified atom stereocenters. The number of hydrogen-bond donors (Lipinski definition) is 0. The molecule has 0 spiro atoms. The predicted molar refractivity (Wildman–Crippen MR) is 108 cm³/mol. The molecule has 0 saturated heterocycles. The number of benzene rings is 4. The summed E-state index contributed by atoms with van der Waals surface area (Å²) in [5.74, 6) is 0.640. The summed E-state index contributed by atoms with van der Waals surface area (Å²) in [6, 6.07) is 25.9. The van der Waals surface area contributed by atoms with E-state index in [2.05, 4.69) is 30.3 Å². The second-order valence-corrected chi connectivity index (χ2v) is 6.16. The molecule has 4 aromatic carbocycles. The smallest absolute Gasteiger partial charge is 0.185 e. The van der Waals surface area contributed by atoms with E-state index in [1.165, 1.54) is 10.8 Å². The van der Waals surface area contributed by atoms with Gasteiger partial charge in [0.05, 0.1) is 7.11 Å². The normalized spacial score (nSPS) is 11.3. The lowest BCUT2D eigenvalue weighted by Crippen LogP contribution is -1.95. The van der Waals surface area contributed by atoms with Crippen LogP contribution in [0.15, 0.2) is 84.9 Å². The van der Waals surface area contributed by atoms with Crippen molar-refractivity contribution < 1.29 is 9.53 Å². The molecule has 4 aromatic rings. The number of methoxy groups -OCH3 is 1. The zero-order chi connectivity index (χ0) is 17.9. The van der Waals surface area contributed by atoms with Crippen LogP contribution >= 0.6 is 0 Å². The van der Waals surface area contributed by atoms with Gasteiger partial charge in [-0.2, -0.15) is 0 Å². The Morgan fingerprint density at radius 3 is 2.12 bits per heavy atom. The highest BCUT2D eigenvalue weighted by atomic mass is 16.5. The van der Waals surface area contributed by atoms with Crippen molar-refractivity contribution in [3.63, 3.8) is 0 Å². The number of carbonyl (C=O) groups excluding carboxylic acids is 1. The molecule has 0 amide bonds. The van der Waals surface area contributed by atoms with Crippen molar-refractivity contribution in [2.24, 2.45) is 0 Å². The van der Waals surface area contributed by atoms with Crippen LogP contribution in [0.5, 0.6) is 5.75 Å². The summed E-state index contributed by atoms with van der Waals surface area (Å²) in [4.78, 5) is 12.6. The zero-order valence-electron chi connectivity index (χ0n) is 14.5. The van der Waals surface area contributed by atoms with Gasteiger partial charge in [-0.3, -0.25) is 4.79 Å². The highest BCUT2D eigenvalue weighted by Crippen LogP contribution is 2.29. The van der Waals surface area contributed by atoms with Crippen molar-refractivity contribution in [2.45, 2.75) is 0 Å². The quantitative estimate of drug-likeness (QED) is 0.263. The average Bonchev–Trinajstić information content (AvgIpc) is 2.71. The second-order valence-electron chi connectivity index (χ2n) is 6.16. The van der Waals surface area contributed by atoms with Crippen molar-refractivity contribution in [2.75, 3.05) is 7.11 Å². The first-order valence-electron chi connectivity index (χ1n) is 8.53. The van der Waals surface area contributed by atoms with E-state index in [0.29, 0.717) is 11.3 Å². The Hall–Kier alpha value is -3.39. The summed E-state index contributed by atoms with van der Waals surface area (Å²) < 4.78 is 5.21. The standard InChI is InChI=1S/C24H18O2/c1-26-20-10-6-9-19(16-20)24(25)14-13-23-21-11-4-2-7-17(21)15-18-8-3-5-12-22(18)23/h2-16H,1H3/b14-13+. The van der Waals surface area contributed by atoms with Crippen molar-refractivity contribution in [1.82, 2.24) is 0 Å². The lowest BCUT2D eigenvalue weighted by molar-refractivity contribution is 0.104. The van der Waals surface area contributed by atoms with Crippen LogP contribution in [-0.4, -0.2) is 12.9 Å². The molecule has 0 saturated carbocycles. The van der Waals surface area contributed by atoms with Crippen LogP contribution in [0, 0.1) is 0 Å². The van der Waals surface area contributed by atoms with Gasteiger partial charge in [0.2, 0.25) is 0 Å². The fraction of sp³-hybridized carbons (Fsp3) is 0.0417. The monoisotopic (exact) mass is 338 g/mol. The third kappa shape index (κ3) is 2.98. The number of carbonyl (C=O) groups is 1. The van der Waals surface area contributed by atoms with E-state index < -0.39 is 0 Å². The number of allylic oxidation sites excluding steroid dienone is 1. The Balaban J connectivity index is 1.82. The van der Waals surface area contributed by atoms with Crippen LogP contribution < -0.4 is 4.74 Å². The van der Waals surface area contributed by atoms with Crippen LogP contribution in [0.4, 0.5) is 0 Å². The molecule has 0 atom stereocenters. The molecule has 0 radical (unpaired) electrons. The highest BCUT2D eigenvalue weighted by Gasteiger charge is 2.07. The molecule has 0 aliphatic carbocycles. The molecule has 0 fully saturated rings. The van der Waals surface area contributed by atoms with E-state index in [4.69, 9.17) is 4.74 Å². The van der Waals surface area contributed by atoms with Crippen LogP contribution in [0.25, 0.3) is 27.6 Å². The van der Waals surface area contributed by atoms with E-state index in [0.717, 1.165) is 16.3 Å². The third-order valence-electron chi connectivity index (χ3n) is 4.57. The molecule has 0 N–H and O–H groups in total. The Morgan fingerprint density at radius 1 is 0.808 bits per heavy atom. The molecular weight excluding hydrogens is 320 g/mol. The van der Waals surface area contributed by atoms with E-state index >= 15 is 0 Å². The molecule has 4 rings (SSSR count). The maximum atomic E-state index is 12.6. The summed E-state index contributed by atoms with van der Waals surface area (Å²) in [6.45, 7) is 0. The first-order valence-corrected chi connectivity index (χ1v) is 8.53. The van der Waals surface area contributed by atoms with Gasteiger partial charge in [0.1, 0.15) is 5.75 Å². The molecule has 0 heterocycles. The lowest BCUT2D eigenvalue weighted by Gasteiger charge is -2.08. The number of ketones is 1. The van der Waals surface area contributed by atoms with E-state index in [1.807, 2.05) is 42.5 Å². The fourth-order valence-corrected chi connectivity index (χ4v) is 3.26. The first kappa shape index (κ1) is 16.1. The fourth-order valence-electron chi connectivity index (χ4n) is 3.26. The van der Waals surface area contributed by atoms with E-state index in [1.54, 1.807) is 25.3 Å². The van der Waals surface area contributed by atoms with Gasteiger partial charge in [0.25, 0.3) is 0 Å². The van der Waals surface area contributed by atoms with Crippen LogP contribution in [0.2, 0.25) is 0 Å². The second kappa shape index (κ2) is 6.85. The number of hydrogen-bond acceptors (Lipinski definition) is 2. The van der Waals surface area contributed by atoms with Crippen molar-refractivity contribution >= 4 is 33.4 Å². The molecular formula is C24H18O2.